The number of rotatable bonds is 8. The number of furan rings is 1. The van der Waals surface area contributed by atoms with Crippen molar-refractivity contribution in [3.8, 4) is 0 Å². The Morgan fingerprint density at radius 2 is 2.35 bits per heavy atom. The fraction of sp³-hybridized carbons (Fsp3) is 0.714. The van der Waals surface area contributed by atoms with Gasteiger partial charge in [0.25, 0.3) is 0 Å². The Labute approximate surface area is 104 Å². The molecule has 1 aliphatic rings. The fourth-order valence-corrected chi connectivity index (χ4v) is 2.15. The molecule has 1 aromatic rings. The first kappa shape index (κ1) is 12.7. The lowest BCUT2D eigenvalue weighted by Gasteiger charge is -2.27. The van der Waals surface area contributed by atoms with Crippen molar-refractivity contribution in [3.63, 3.8) is 0 Å². The molecule has 0 spiro atoms. The summed E-state index contributed by atoms with van der Waals surface area (Å²) in [5.74, 6) is 1.06. The van der Waals surface area contributed by atoms with E-state index in [0.29, 0.717) is 6.04 Å². The Balaban J connectivity index is 1.71. The van der Waals surface area contributed by atoms with Crippen LogP contribution in [0.2, 0.25) is 0 Å². The lowest BCUT2D eigenvalue weighted by atomic mass is 10.2. The summed E-state index contributed by atoms with van der Waals surface area (Å²) in [6.07, 6.45) is 5.71. The van der Waals surface area contributed by atoms with E-state index < -0.39 is 0 Å². The van der Waals surface area contributed by atoms with Crippen molar-refractivity contribution >= 4 is 0 Å². The Morgan fingerprint density at radius 3 is 2.94 bits per heavy atom. The van der Waals surface area contributed by atoms with Crippen LogP contribution < -0.4 is 5.32 Å². The number of nitrogens with one attached hydrogen (secondary N) is 1. The van der Waals surface area contributed by atoms with Crippen LogP contribution in [0.25, 0.3) is 0 Å². The van der Waals surface area contributed by atoms with Crippen molar-refractivity contribution in [1.82, 2.24) is 10.2 Å². The Hall–Kier alpha value is -0.800. The predicted octanol–water partition coefficient (Wildman–Crippen LogP) is 2.63. The lowest BCUT2D eigenvalue weighted by Crippen LogP contribution is -2.35. The molecular weight excluding hydrogens is 212 g/mol. The van der Waals surface area contributed by atoms with E-state index in [1.54, 1.807) is 6.26 Å². The summed E-state index contributed by atoms with van der Waals surface area (Å²) in [5, 5.41) is 3.58. The SMILES string of the molecule is CCN(Cc1ccco1)C(C)CCNC1CC1. The molecule has 1 unspecified atom stereocenters. The third-order valence-electron chi connectivity index (χ3n) is 3.54. The summed E-state index contributed by atoms with van der Waals surface area (Å²) in [6, 6.07) is 5.44. The second-order valence-electron chi connectivity index (χ2n) is 5.01. The van der Waals surface area contributed by atoms with Crippen molar-refractivity contribution in [2.45, 2.75) is 51.7 Å². The van der Waals surface area contributed by atoms with Crippen LogP contribution in [-0.4, -0.2) is 30.1 Å². The molecule has 3 heteroatoms. The Kier molecular flexibility index (Phi) is 4.63. The van der Waals surface area contributed by atoms with Gasteiger partial charge in [0.15, 0.2) is 0 Å². The number of nitrogens with zero attached hydrogens (tertiary/aromatic N) is 1. The first-order valence-electron chi connectivity index (χ1n) is 6.79. The Bertz CT molecular complexity index is 306. The van der Waals surface area contributed by atoms with E-state index >= 15 is 0 Å². The van der Waals surface area contributed by atoms with Crippen LogP contribution in [0, 0.1) is 0 Å². The molecule has 1 aromatic heterocycles. The minimum atomic E-state index is 0.608. The van der Waals surface area contributed by atoms with Gasteiger partial charge in [-0.25, -0.2) is 0 Å². The zero-order valence-electron chi connectivity index (χ0n) is 11.0. The topological polar surface area (TPSA) is 28.4 Å². The Morgan fingerprint density at radius 1 is 1.53 bits per heavy atom. The molecule has 0 radical (unpaired) electrons. The van der Waals surface area contributed by atoms with Crippen molar-refractivity contribution in [2.75, 3.05) is 13.1 Å². The van der Waals surface area contributed by atoms with Crippen molar-refractivity contribution < 1.29 is 4.42 Å². The smallest absolute Gasteiger partial charge is 0.117 e. The second kappa shape index (κ2) is 6.22. The third kappa shape index (κ3) is 4.17. The molecule has 1 heterocycles. The monoisotopic (exact) mass is 236 g/mol. The van der Waals surface area contributed by atoms with E-state index in [1.165, 1.54) is 19.3 Å². The van der Waals surface area contributed by atoms with E-state index in [4.69, 9.17) is 4.42 Å². The minimum Gasteiger partial charge on any atom is -0.468 e. The molecule has 96 valence electrons. The number of hydrogen-bond acceptors (Lipinski definition) is 3. The van der Waals surface area contributed by atoms with Gasteiger partial charge in [0.2, 0.25) is 0 Å². The lowest BCUT2D eigenvalue weighted by molar-refractivity contribution is 0.185. The highest BCUT2D eigenvalue weighted by Crippen LogP contribution is 2.18. The molecule has 1 N–H and O–H groups in total. The van der Waals surface area contributed by atoms with Gasteiger partial charge in [0, 0.05) is 12.1 Å². The molecule has 0 aliphatic heterocycles. The second-order valence-corrected chi connectivity index (χ2v) is 5.01. The molecule has 1 atom stereocenters. The first-order valence-corrected chi connectivity index (χ1v) is 6.79. The largest absolute Gasteiger partial charge is 0.468 e. The van der Waals surface area contributed by atoms with Gasteiger partial charge >= 0.3 is 0 Å². The maximum atomic E-state index is 5.41. The zero-order valence-corrected chi connectivity index (χ0v) is 11.0. The molecule has 17 heavy (non-hydrogen) atoms. The molecular formula is C14H24N2O. The average Bonchev–Trinajstić information content (AvgIpc) is 3.01. The van der Waals surface area contributed by atoms with Gasteiger partial charge < -0.3 is 9.73 Å². The van der Waals surface area contributed by atoms with Crippen LogP contribution >= 0.6 is 0 Å². The highest BCUT2D eigenvalue weighted by atomic mass is 16.3. The van der Waals surface area contributed by atoms with Gasteiger partial charge in [-0.2, -0.15) is 0 Å². The van der Waals surface area contributed by atoms with Gasteiger partial charge in [-0.3, -0.25) is 4.90 Å². The van der Waals surface area contributed by atoms with Crippen LogP contribution in [0.1, 0.15) is 38.9 Å². The fourth-order valence-electron chi connectivity index (χ4n) is 2.15. The molecule has 1 aliphatic carbocycles. The van der Waals surface area contributed by atoms with Crippen LogP contribution in [-0.2, 0) is 6.54 Å². The maximum Gasteiger partial charge on any atom is 0.117 e. The van der Waals surface area contributed by atoms with E-state index in [0.717, 1.165) is 31.4 Å². The van der Waals surface area contributed by atoms with Crippen molar-refractivity contribution in [2.24, 2.45) is 0 Å². The molecule has 1 saturated carbocycles. The highest BCUT2D eigenvalue weighted by molar-refractivity contribution is 4.98. The third-order valence-corrected chi connectivity index (χ3v) is 3.54. The molecule has 0 saturated heterocycles. The van der Waals surface area contributed by atoms with Gasteiger partial charge in [-0.15, -0.1) is 0 Å². The highest BCUT2D eigenvalue weighted by Gasteiger charge is 2.20. The van der Waals surface area contributed by atoms with Gasteiger partial charge in [0.1, 0.15) is 5.76 Å². The van der Waals surface area contributed by atoms with Gasteiger partial charge in [-0.1, -0.05) is 6.92 Å². The standard InChI is InChI=1S/C14H24N2O/c1-3-16(11-14-5-4-10-17-14)12(2)8-9-15-13-6-7-13/h4-5,10,12-13,15H,3,6-9,11H2,1-2H3. The predicted molar refractivity (Wildman–Crippen MR) is 69.9 cm³/mol. The van der Waals surface area contributed by atoms with Crippen LogP contribution in [0.3, 0.4) is 0 Å². The van der Waals surface area contributed by atoms with Crippen LogP contribution in [0.5, 0.6) is 0 Å². The minimum absolute atomic E-state index is 0.608. The van der Waals surface area contributed by atoms with E-state index in [9.17, 15) is 0 Å². The summed E-state index contributed by atoms with van der Waals surface area (Å²) in [6.45, 7) is 7.66. The molecule has 0 aromatic carbocycles. The van der Waals surface area contributed by atoms with Crippen LogP contribution in [0.4, 0.5) is 0 Å². The maximum absolute atomic E-state index is 5.41. The number of hydrogen-bond donors (Lipinski definition) is 1. The van der Waals surface area contributed by atoms with Crippen LogP contribution in [0.15, 0.2) is 22.8 Å². The average molecular weight is 236 g/mol. The summed E-state index contributed by atoms with van der Waals surface area (Å²) in [4.78, 5) is 2.47. The molecule has 2 rings (SSSR count). The first-order chi connectivity index (χ1) is 8.29. The molecule has 0 amide bonds. The van der Waals surface area contributed by atoms with E-state index in [2.05, 4.69) is 30.1 Å². The summed E-state index contributed by atoms with van der Waals surface area (Å²) >= 11 is 0. The molecule has 3 nitrogen and oxygen atoms in total. The molecule has 0 bridgehead atoms. The summed E-state index contributed by atoms with van der Waals surface area (Å²) in [7, 11) is 0. The van der Waals surface area contributed by atoms with Crippen molar-refractivity contribution in [1.29, 1.82) is 0 Å². The van der Waals surface area contributed by atoms with E-state index in [-0.39, 0.29) is 0 Å². The molecule has 1 fully saturated rings. The van der Waals surface area contributed by atoms with E-state index in [1.807, 2.05) is 6.07 Å². The van der Waals surface area contributed by atoms with Crippen molar-refractivity contribution in [3.05, 3.63) is 24.2 Å². The normalized spacial score (nSPS) is 17.6. The zero-order chi connectivity index (χ0) is 12.1. The summed E-state index contributed by atoms with van der Waals surface area (Å²) in [5.41, 5.74) is 0. The summed E-state index contributed by atoms with van der Waals surface area (Å²) < 4.78 is 5.41. The van der Waals surface area contributed by atoms with Gasteiger partial charge in [0.05, 0.1) is 12.8 Å². The quantitative estimate of drug-likeness (QED) is 0.752. The van der Waals surface area contributed by atoms with Gasteiger partial charge in [-0.05, 0) is 51.4 Å².